The molecule has 1 aromatic carbocycles. The minimum Gasteiger partial charge on any atom is -0.349 e. The van der Waals surface area contributed by atoms with Gasteiger partial charge in [-0.05, 0) is 50.8 Å². The Balaban J connectivity index is 0.00000225. The number of hydrogen-bond acceptors (Lipinski definition) is 3. The fraction of sp³-hybridized carbons (Fsp3) is 0.474. The molecule has 152 valence electrons. The van der Waals surface area contributed by atoms with Crippen LogP contribution in [0.1, 0.15) is 47.3 Å². The summed E-state index contributed by atoms with van der Waals surface area (Å²) in [6, 6.07) is 5.97. The van der Waals surface area contributed by atoms with Crippen LogP contribution in [-0.2, 0) is 6.18 Å². The molecule has 2 atom stereocenters. The maximum absolute atomic E-state index is 12.9. The van der Waals surface area contributed by atoms with E-state index in [2.05, 4.69) is 15.7 Å². The van der Waals surface area contributed by atoms with Crippen LogP contribution in [0, 0.1) is 6.92 Å². The van der Waals surface area contributed by atoms with Crippen LogP contribution < -0.4 is 10.6 Å². The van der Waals surface area contributed by atoms with Gasteiger partial charge >= 0.3 is 6.18 Å². The maximum Gasteiger partial charge on any atom is 0.416 e. The number of amides is 1. The smallest absolute Gasteiger partial charge is 0.349 e. The molecule has 0 radical (unpaired) electrons. The molecule has 1 amide bonds. The molecule has 2 aromatic rings. The molecule has 9 heteroatoms. The summed E-state index contributed by atoms with van der Waals surface area (Å²) in [4.78, 5) is 12.7. The van der Waals surface area contributed by atoms with E-state index in [9.17, 15) is 18.0 Å². The molecule has 0 spiro atoms. The Hall–Kier alpha value is -2.06. The van der Waals surface area contributed by atoms with Crippen molar-refractivity contribution in [2.45, 2.75) is 56.9 Å². The third kappa shape index (κ3) is 4.03. The Morgan fingerprint density at radius 1 is 1.25 bits per heavy atom. The van der Waals surface area contributed by atoms with Gasteiger partial charge in [0.25, 0.3) is 5.91 Å². The number of fused-ring (bicyclic) bond motifs is 2. The largest absolute Gasteiger partial charge is 0.416 e. The summed E-state index contributed by atoms with van der Waals surface area (Å²) in [7, 11) is 0. The number of piperidine rings is 1. The summed E-state index contributed by atoms with van der Waals surface area (Å²) in [5, 5.41) is 10.7. The first-order valence-corrected chi connectivity index (χ1v) is 9.10. The minimum atomic E-state index is -4.42. The molecule has 2 saturated heterocycles. The van der Waals surface area contributed by atoms with Crippen molar-refractivity contribution < 1.29 is 18.0 Å². The number of hydrogen-bond donors (Lipinski definition) is 2. The number of benzene rings is 1. The van der Waals surface area contributed by atoms with Crippen molar-refractivity contribution in [2.75, 3.05) is 0 Å². The highest BCUT2D eigenvalue weighted by Crippen LogP contribution is 2.31. The Kier molecular flexibility index (Phi) is 5.72. The van der Waals surface area contributed by atoms with Crippen LogP contribution in [0.5, 0.6) is 0 Å². The lowest BCUT2D eigenvalue weighted by atomic mass is 9.99. The predicted molar refractivity (Wildman–Crippen MR) is 101 cm³/mol. The molecule has 5 nitrogen and oxygen atoms in total. The van der Waals surface area contributed by atoms with Crippen LogP contribution in [0.2, 0.25) is 0 Å². The molecule has 0 aliphatic carbocycles. The van der Waals surface area contributed by atoms with E-state index in [-0.39, 0.29) is 30.0 Å². The average molecular weight is 415 g/mol. The number of rotatable bonds is 3. The van der Waals surface area contributed by atoms with Gasteiger partial charge in [0.2, 0.25) is 0 Å². The van der Waals surface area contributed by atoms with Gasteiger partial charge in [0.1, 0.15) is 0 Å². The van der Waals surface area contributed by atoms with Gasteiger partial charge in [-0.1, -0.05) is 6.07 Å². The summed E-state index contributed by atoms with van der Waals surface area (Å²) in [6.07, 6.45) is 1.09. The second-order valence-electron chi connectivity index (χ2n) is 7.38. The van der Waals surface area contributed by atoms with Crippen LogP contribution >= 0.6 is 12.4 Å². The third-order valence-electron chi connectivity index (χ3n) is 5.48. The Labute approximate surface area is 167 Å². The van der Waals surface area contributed by atoms with Gasteiger partial charge < -0.3 is 10.6 Å². The van der Waals surface area contributed by atoms with E-state index < -0.39 is 11.7 Å². The summed E-state index contributed by atoms with van der Waals surface area (Å²) >= 11 is 0. The first kappa shape index (κ1) is 20.7. The molecule has 2 unspecified atom stereocenters. The third-order valence-corrected chi connectivity index (χ3v) is 5.48. The zero-order valence-corrected chi connectivity index (χ0v) is 16.1. The molecular formula is C19H22ClF3N4O. The van der Waals surface area contributed by atoms with Crippen LogP contribution in [0.15, 0.2) is 30.5 Å². The van der Waals surface area contributed by atoms with E-state index in [1.54, 1.807) is 13.0 Å². The van der Waals surface area contributed by atoms with E-state index in [0.29, 0.717) is 23.3 Å². The van der Waals surface area contributed by atoms with Gasteiger partial charge in [0.05, 0.1) is 28.7 Å². The van der Waals surface area contributed by atoms with Crippen molar-refractivity contribution in [2.24, 2.45) is 0 Å². The molecule has 28 heavy (non-hydrogen) atoms. The fourth-order valence-corrected chi connectivity index (χ4v) is 4.15. The topological polar surface area (TPSA) is 59.0 Å². The second-order valence-corrected chi connectivity index (χ2v) is 7.38. The lowest BCUT2D eigenvalue weighted by Gasteiger charge is -2.29. The molecule has 3 heterocycles. The lowest BCUT2D eigenvalue weighted by molar-refractivity contribution is -0.137. The van der Waals surface area contributed by atoms with Crippen LogP contribution in [-0.4, -0.2) is 33.8 Å². The van der Waals surface area contributed by atoms with Crippen LogP contribution in [0.25, 0.3) is 5.69 Å². The van der Waals surface area contributed by atoms with Gasteiger partial charge in [-0.25, -0.2) is 4.68 Å². The number of aromatic nitrogens is 2. The van der Waals surface area contributed by atoms with Gasteiger partial charge in [0.15, 0.2) is 0 Å². The van der Waals surface area contributed by atoms with Crippen LogP contribution in [0.3, 0.4) is 0 Å². The van der Waals surface area contributed by atoms with Crippen LogP contribution in [0.4, 0.5) is 13.2 Å². The molecule has 0 saturated carbocycles. The lowest BCUT2D eigenvalue weighted by Crippen LogP contribution is -2.48. The number of carbonyl (C=O) groups is 1. The highest BCUT2D eigenvalue weighted by molar-refractivity contribution is 5.95. The standard InChI is InChI=1S/C19H21F3N4O.ClH/c1-11-17(18(27)25-15-8-13-5-6-14(9-15)24-13)10-23-26(11)16-4-2-3-12(7-16)19(20,21)22;/h2-4,7,10,13-15,24H,5-6,8-9H2,1H3,(H,25,27);1H. The normalized spacial score (nSPS) is 23.9. The molecule has 2 N–H and O–H groups in total. The maximum atomic E-state index is 12.9. The van der Waals surface area contributed by atoms with E-state index in [4.69, 9.17) is 0 Å². The Morgan fingerprint density at radius 2 is 1.93 bits per heavy atom. The first-order chi connectivity index (χ1) is 12.8. The Bertz CT molecular complexity index is 855. The van der Waals surface area contributed by atoms with E-state index >= 15 is 0 Å². The average Bonchev–Trinajstić information content (AvgIpc) is 3.16. The van der Waals surface area contributed by atoms with Crippen molar-refractivity contribution in [1.82, 2.24) is 20.4 Å². The molecule has 4 rings (SSSR count). The van der Waals surface area contributed by atoms with E-state index in [1.807, 2.05) is 0 Å². The van der Waals surface area contributed by atoms with Crippen molar-refractivity contribution in [3.63, 3.8) is 0 Å². The Morgan fingerprint density at radius 3 is 2.57 bits per heavy atom. The number of nitrogens with one attached hydrogen (secondary N) is 2. The number of alkyl halides is 3. The highest BCUT2D eigenvalue weighted by atomic mass is 35.5. The highest BCUT2D eigenvalue weighted by Gasteiger charge is 2.34. The molecule has 2 fully saturated rings. The van der Waals surface area contributed by atoms with Gasteiger partial charge in [-0.15, -0.1) is 12.4 Å². The molecular weight excluding hydrogens is 393 g/mol. The summed E-state index contributed by atoms with van der Waals surface area (Å²) in [5.41, 5.74) is 0.439. The van der Waals surface area contributed by atoms with E-state index in [1.165, 1.54) is 16.9 Å². The van der Waals surface area contributed by atoms with Crippen molar-refractivity contribution in [3.05, 3.63) is 47.3 Å². The minimum absolute atomic E-state index is 0. The van der Waals surface area contributed by atoms with Gasteiger partial charge in [-0.2, -0.15) is 18.3 Å². The molecule has 2 bridgehead atoms. The summed E-state index contributed by atoms with van der Waals surface area (Å²) < 4.78 is 40.2. The SMILES string of the molecule is Cc1c(C(=O)NC2CC3CCC(C2)N3)cnn1-c1cccc(C(F)(F)F)c1.Cl. The van der Waals surface area contributed by atoms with Gasteiger partial charge in [0, 0.05) is 18.1 Å². The fourth-order valence-electron chi connectivity index (χ4n) is 4.15. The number of carbonyl (C=O) groups excluding carboxylic acids is 1. The van der Waals surface area contributed by atoms with Gasteiger partial charge in [-0.3, -0.25) is 4.79 Å². The zero-order chi connectivity index (χ0) is 19.2. The molecule has 2 aliphatic heterocycles. The second kappa shape index (κ2) is 7.75. The molecule has 2 aliphatic rings. The van der Waals surface area contributed by atoms with E-state index in [0.717, 1.165) is 37.8 Å². The van der Waals surface area contributed by atoms with Crippen molar-refractivity contribution >= 4 is 18.3 Å². The predicted octanol–water partition coefficient (Wildman–Crippen LogP) is 3.63. The number of halogens is 4. The van der Waals surface area contributed by atoms with Crippen molar-refractivity contribution in [1.29, 1.82) is 0 Å². The zero-order valence-electron chi connectivity index (χ0n) is 15.3. The summed E-state index contributed by atoms with van der Waals surface area (Å²) in [6.45, 7) is 1.69. The first-order valence-electron chi connectivity index (χ1n) is 9.10. The number of nitrogens with zero attached hydrogens (tertiary/aromatic N) is 2. The molecule has 1 aromatic heterocycles. The van der Waals surface area contributed by atoms with Crippen molar-refractivity contribution in [3.8, 4) is 5.69 Å². The quantitative estimate of drug-likeness (QED) is 0.806. The monoisotopic (exact) mass is 414 g/mol. The summed E-state index contributed by atoms with van der Waals surface area (Å²) in [5.74, 6) is -0.225.